The number of carbonyl (C=O) groups is 2. The summed E-state index contributed by atoms with van der Waals surface area (Å²) >= 11 is 0. The quantitative estimate of drug-likeness (QED) is 0.883. The Morgan fingerprint density at radius 1 is 1.32 bits per heavy atom. The molecule has 1 rings (SSSR count). The molecule has 2 N–H and O–H groups in total. The topological polar surface area (TPSA) is 66.4 Å². The minimum atomic E-state index is -1.10. The van der Waals surface area contributed by atoms with E-state index in [9.17, 15) is 14.0 Å². The first-order valence-corrected chi connectivity index (χ1v) is 5.92. The average Bonchev–Trinajstić information content (AvgIpc) is 2.27. The van der Waals surface area contributed by atoms with Gasteiger partial charge in [-0.1, -0.05) is 20.8 Å². The molecule has 1 aromatic rings. The molecule has 1 atom stereocenters. The van der Waals surface area contributed by atoms with Gasteiger partial charge in [-0.3, -0.25) is 4.79 Å². The zero-order valence-electron chi connectivity index (χ0n) is 11.5. The van der Waals surface area contributed by atoms with Gasteiger partial charge in [0.2, 0.25) is 0 Å². The van der Waals surface area contributed by atoms with Crippen molar-refractivity contribution in [2.45, 2.75) is 33.7 Å². The van der Waals surface area contributed by atoms with E-state index in [4.69, 9.17) is 5.11 Å². The number of aliphatic carboxylic acids is 1. The average molecular weight is 267 g/mol. The van der Waals surface area contributed by atoms with E-state index >= 15 is 0 Å². The summed E-state index contributed by atoms with van der Waals surface area (Å²) in [6, 6.07) is 2.91. The molecule has 4 nitrogen and oxygen atoms in total. The summed E-state index contributed by atoms with van der Waals surface area (Å²) in [6.45, 7) is 6.72. The highest BCUT2D eigenvalue weighted by molar-refractivity contribution is 5.96. The van der Waals surface area contributed by atoms with Crippen molar-refractivity contribution in [1.29, 1.82) is 0 Å². The first-order chi connectivity index (χ1) is 8.62. The van der Waals surface area contributed by atoms with Gasteiger partial charge in [0.1, 0.15) is 11.9 Å². The summed E-state index contributed by atoms with van der Waals surface area (Å²) in [6.07, 6.45) is 0. The van der Waals surface area contributed by atoms with Gasteiger partial charge in [0.25, 0.3) is 5.91 Å². The van der Waals surface area contributed by atoms with Crippen LogP contribution in [0.2, 0.25) is 0 Å². The Morgan fingerprint density at radius 3 is 2.32 bits per heavy atom. The molecule has 104 valence electrons. The van der Waals surface area contributed by atoms with Gasteiger partial charge in [0.05, 0.1) is 0 Å². The lowest BCUT2D eigenvalue weighted by atomic mass is 9.86. The molecule has 0 aliphatic heterocycles. The van der Waals surface area contributed by atoms with Gasteiger partial charge in [-0.2, -0.15) is 0 Å². The molecule has 0 spiro atoms. The lowest BCUT2D eigenvalue weighted by molar-refractivity contribution is -0.142. The molecular formula is C14H18FNO3. The Morgan fingerprint density at radius 2 is 1.89 bits per heavy atom. The van der Waals surface area contributed by atoms with Crippen LogP contribution in [0.1, 0.15) is 36.7 Å². The predicted octanol–water partition coefficient (Wildman–Crippen LogP) is 2.36. The van der Waals surface area contributed by atoms with Gasteiger partial charge >= 0.3 is 5.97 Å². The van der Waals surface area contributed by atoms with Crippen molar-refractivity contribution in [2.75, 3.05) is 0 Å². The highest BCUT2D eigenvalue weighted by Crippen LogP contribution is 2.20. The summed E-state index contributed by atoms with van der Waals surface area (Å²) < 4.78 is 13.1. The second kappa shape index (κ2) is 5.38. The molecule has 0 heterocycles. The molecule has 0 aliphatic carbocycles. The van der Waals surface area contributed by atoms with E-state index in [1.807, 2.05) is 0 Å². The van der Waals surface area contributed by atoms with Gasteiger partial charge in [-0.15, -0.1) is 0 Å². The van der Waals surface area contributed by atoms with Crippen LogP contribution in [0.5, 0.6) is 0 Å². The van der Waals surface area contributed by atoms with Crippen molar-refractivity contribution in [3.63, 3.8) is 0 Å². The van der Waals surface area contributed by atoms with E-state index in [2.05, 4.69) is 5.32 Å². The predicted molar refractivity (Wildman–Crippen MR) is 69.5 cm³/mol. The Bertz CT molecular complexity index is 506. The second-order valence-electron chi connectivity index (χ2n) is 5.57. The lowest BCUT2D eigenvalue weighted by Gasteiger charge is -2.27. The monoisotopic (exact) mass is 267 g/mol. The van der Waals surface area contributed by atoms with Crippen molar-refractivity contribution in [3.8, 4) is 0 Å². The molecule has 0 saturated heterocycles. The molecule has 0 aliphatic rings. The minimum Gasteiger partial charge on any atom is -0.480 e. The SMILES string of the molecule is Cc1cc(C(=O)N[C@H](C(=O)O)C(C)(C)C)ccc1F. The van der Waals surface area contributed by atoms with Crippen molar-refractivity contribution in [2.24, 2.45) is 5.41 Å². The van der Waals surface area contributed by atoms with Crippen molar-refractivity contribution in [1.82, 2.24) is 5.32 Å². The van der Waals surface area contributed by atoms with Crippen molar-refractivity contribution >= 4 is 11.9 Å². The number of hydrogen-bond donors (Lipinski definition) is 2. The first-order valence-electron chi connectivity index (χ1n) is 5.92. The van der Waals surface area contributed by atoms with Crippen LogP contribution in [0.4, 0.5) is 4.39 Å². The summed E-state index contributed by atoms with van der Waals surface area (Å²) in [5, 5.41) is 11.6. The van der Waals surface area contributed by atoms with Crippen LogP contribution >= 0.6 is 0 Å². The maximum Gasteiger partial charge on any atom is 0.326 e. The van der Waals surface area contributed by atoms with Crippen LogP contribution in [0, 0.1) is 18.2 Å². The Hall–Kier alpha value is -1.91. The fourth-order valence-corrected chi connectivity index (χ4v) is 1.65. The van der Waals surface area contributed by atoms with E-state index in [0.29, 0.717) is 5.56 Å². The molecule has 5 heteroatoms. The number of halogens is 1. The highest BCUT2D eigenvalue weighted by Gasteiger charge is 2.32. The van der Waals surface area contributed by atoms with E-state index in [1.54, 1.807) is 27.7 Å². The Balaban J connectivity index is 2.94. The van der Waals surface area contributed by atoms with Gasteiger partial charge in [-0.25, -0.2) is 9.18 Å². The fraction of sp³-hybridized carbons (Fsp3) is 0.429. The zero-order chi connectivity index (χ0) is 14.8. The van der Waals surface area contributed by atoms with Gasteiger partial charge in [-0.05, 0) is 36.1 Å². The largest absolute Gasteiger partial charge is 0.480 e. The summed E-state index contributed by atoms with van der Waals surface area (Å²) in [5.41, 5.74) is -0.0268. The van der Waals surface area contributed by atoms with Gasteiger partial charge < -0.3 is 10.4 Å². The maximum absolute atomic E-state index is 13.1. The third-order valence-corrected chi connectivity index (χ3v) is 2.81. The number of amides is 1. The van der Waals surface area contributed by atoms with E-state index in [1.165, 1.54) is 18.2 Å². The summed E-state index contributed by atoms with van der Waals surface area (Å²) in [7, 11) is 0. The van der Waals surface area contributed by atoms with Crippen LogP contribution in [-0.2, 0) is 4.79 Å². The minimum absolute atomic E-state index is 0.245. The molecule has 0 unspecified atom stereocenters. The van der Waals surface area contributed by atoms with E-state index in [-0.39, 0.29) is 5.56 Å². The molecule has 0 saturated carbocycles. The maximum atomic E-state index is 13.1. The number of nitrogens with one attached hydrogen (secondary N) is 1. The smallest absolute Gasteiger partial charge is 0.326 e. The normalized spacial score (nSPS) is 12.9. The van der Waals surface area contributed by atoms with E-state index in [0.717, 1.165) is 0 Å². The van der Waals surface area contributed by atoms with Crippen LogP contribution in [-0.4, -0.2) is 23.0 Å². The van der Waals surface area contributed by atoms with Crippen LogP contribution in [0.15, 0.2) is 18.2 Å². The van der Waals surface area contributed by atoms with E-state index < -0.39 is 29.2 Å². The zero-order valence-corrected chi connectivity index (χ0v) is 11.5. The van der Waals surface area contributed by atoms with Gasteiger partial charge in [0, 0.05) is 5.56 Å². The lowest BCUT2D eigenvalue weighted by Crippen LogP contribution is -2.49. The molecule has 0 bridgehead atoms. The number of carboxylic acids is 1. The highest BCUT2D eigenvalue weighted by atomic mass is 19.1. The summed E-state index contributed by atoms with van der Waals surface area (Å²) in [4.78, 5) is 23.1. The Kier molecular flexibility index (Phi) is 4.29. The molecule has 1 amide bonds. The Labute approximate surface area is 111 Å². The standard InChI is InChI=1S/C14H18FNO3/c1-8-7-9(5-6-10(8)15)12(17)16-11(13(18)19)14(2,3)4/h5-7,11H,1-4H3,(H,16,17)(H,18,19)/t11-/m1/s1. The van der Waals surface area contributed by atoms with Crippen molar-refractivity contribution in [3.05, 3.63) is 35.1 Å². The molecule has 0 fully saturated rings. The number of hydrogen-bond acceptors (Lipinski definition) is 2. The molecular weight excluding hydrogens is 249 g/mol. The molecule has 0 radical (unpaired) electrons. The van der Waals surface area contributed by atoms with Crippen molar-refractivity contribution < 1.29 is 19.1 Å². The number of carboxylic acid groups (broad SMARTS) is 1. The third kappa shape index (κ3) is 3.77. The number of carbonyl (C=O) groups excluding carboxylic acids is 1. The molecule has 19 heavy (non-hydrogen) atoms. The summed E-state index contributed by atoms with van der Waals surface area (Å²) in [5.74, 6) is -2.02. The first kappa shape index (κ1) is 15.1. The van der Waals surface area contributed by atoms with Crippen LogP contribution in [0.25, 0.3) is 0 Å². The van der Waals surface area contributed by atoms with Gasteiger partial charge in [0.15, 0.2) is 0 Å². The second-order valence-corrected chi connectivity index (χ2v) is 5.57. The number of aryl methyl sites for hydroxylation is 1. The number of benzene rings is 1. The third-order valence-electron chi connectivity index (χ3n) is 2.81. The molecule has 0 aromatic heterocycles. The molecule has 1 aromatic carbocycles. The fourth-order valence-electron chi connectivity index (χ4n) is 1.65. The number of rotatable bonds is 3. The van der Waals surface area contributed by atoms with Crippen LogP contribution < -0.4 is 5.32 Å². The van der Waals surface area contributed by atoms with Crippen LogP contribution in [0.3, 0.4) is 0 Å².